The molecule has 1 saturated heterocycles. The van der Waals surface area contributed by atoms with Crippen molar-refractivity contribution in [3.8, 4) is 5.75 Å². The Morgan fingerprint density at radius 2 is 2.00 bits per heavy atom. The minimum Gasteiger partial charge on any atom is -0.507 e. The van der Waals surface area contributed by atoms with Gasteiger partial charge in [0.1, 0.15) is 5.75 Å². The molecule has 1 amide bonds. The lowest BCUT2D eigenvalue weighted by atomic mass is 10.1. The minimum absolute atomic E-state index is 0.165. The Morgan fingerprint density at radius 1 is 1.21 bits per heavy atom. The first-order valence-corrected chi connectivity index (χ1v) is 8.89. The largest absolute Gasteiger partial charge is 0.507 e. The highest BCUT2D eigenvalue weighted by Crippen LogP contribution is 2.31. The highest BCUT2D eigenvalue weighted by Gasteiger charge is 2.24. The molecule has 2 aromatic rings. The van der Waals surface area contributed by atoms with Gasteiger partial charge in [0.05, 0.1) is 15.1 Å². The number of aryl methyl sites for hydroxylation is 2. The lowest BCUT2D eigenvalue weighted by Crippen LogP contribution is -2.19. The fourth-order valence-corrected chi connectivity index (χ4v) is 3.43. The van der Waals surface area contributed by atoms with Gasteiger partial charge in [0.2, 0.25) is 0 Å². The number of phenolic OH excluding ortho intramolecular Hbond substituents is 1. The van der Waals surface area contributed by atoms with Gasteiger partial charge in [-0.1, -0.05) is 18.2 Å². The maximum atomic E-state index is 12.1. The molecule has 0 bridgehead atoms. The van der Waals surface area contributed by atoms with E-state index < -0.39 is 0 Å². The molecule has 1 aliphatic rings. The molecule has 1 heterocycles. The summed E-state index contributed by atoms with van der Waals surface area (Å²) in [5.41, 5.74) is 3.86. The average Bonchev–Trinajstić information content (AvgIpc) is 2.86. The van der Waals surface area contributed by atoms with E-state index in [4.69, 9.17) is 0 Å². The third-order valence-electron chi connectivity index (χ3n) is 3.51. The number of nitrogens with zero attached hydrogens (tertiary/aromatic N) is 1. The Morgan fingerprint density at radius 3 is 2.75 bits per heavy atom. The number of rotatable bonds is 2. The van der Waals surface area contributed by atoms with Crippen molar-refractivity contribution in [2.75, 3.05) is 0 Å². The van der Waals surface area contributed by atoms with Crippen LogP contribution in [0.25, 0.3) is 6.08 Å². The Labute approximate surface area is 152 Å². The second kappa shape index (κ2) is 6.83. The van der Waals surface area contributed by atoms with Crippen LogP contribution in [0, 0.1) is 13.8 Å². The van der Waals surface area contributed by atoms with Crippen LogP contribution in [0.4, 0.5) is 5.69 Å². The van der Waals surface area contributed by atoms with Crippen LogP contribution in [-0.2, 0) is 4.79 Å². The zero-order valence-electron chi connectivity index (χ0n) is 13.1. The molecule has 2 aromatic carbocycles. The number of aromatic hydroxyl groups is 1. The molecule has 2 N–H and O–H groups in total. The summed E-state index contributed by atoms with van der Waals surface area (Å²) in [6, 6.07) is 11.1. The number of benzene rings is 2. The van der Waals surface area contributed by atoms with Crippen LogP contribution in [0.5, 0.6) is 5.75 Å². The predicted molar refractivity (Wildman–Crippen MR) is 103 cm³/mol. The quantitative estimate of drug-likeness (QED) is 0.717. The smallest absolute Gasteiger partial charge is 0.264 e. The molecule has 6 heteroatoms. The molecule has 1 fully saturated rings. The van der Waals surface area contributed by atoms with Gasteiger partial charge in [0, 0.05) is 0 Å². The summed E-state index contributed by atoms with van der Waals surface area (Å²) in [5.74, 6) is -0.00824. The highest BCUT2D eigenvalue weighted by molar-refractivity contribution is 9.10. The first-order chi connectivity index (χ1) is 11.4. The van der Waals surface area contributed by atoms with E-state index in [0.717, 1.165) is 22.4 Å². The maximum absolute atomic E-state index is 12.1. The summed E-state index contributed by atoms with van der Waals surface area (Å²) in [5, 5.41) is 12.9. The molecule has 0 spiro atoms. The number of hydrogen-bond donors (Lipinski definition) is 2. The number of amides is 1. The van der Waals surface area contributed by atoms with Crippen molar-refractivity contribution in [2.45, 2.75) is 13.8 Å². The average molecular weight is 403 g/mol. The fourth-order valence-electron chi connectivity index (χ4n) is 2.19. The second-order valence-corrected chi connectivity index (χ2v) is 7.37. The number of phenols is 1. The van der Waals surface area contributed by atoms with Crippen molar-refractivity contribution in [2.24, 2.45) is 4.99 Å². The molecule has 0 atom stereocenters. The number of nitrogens with one attached hydrogen (secondary N) is 1. The normalized spacial score (nSPS) is 17.5. The van der Waals surface area contributed by atoms with E-state index in [2.05, 4.69) is 26.2 Å². The molecule has 1 aliphatic heterocycles. The molecule has 3 rings (SSSR count). The standard InChI is InChI=1S/C18H15BrN2O2S/c1-10-3-4-11(2)14(7-10)20-18-21-17(23)16(24-18)9-12-5-6-15(22)13(19)8-12/h3-9,22H,1-2H3,(H,20,21,23)/b16-9+. The van der Waals surface area contributed by atoms with Crippen LogP contribution < -0.4 is 5.32 Å². The van der Waals surface area contributed by atoms with E-state index in [1.54, 1.807) is 24.3 Å². The van der Waals surface area contributed by atoms with Gasteiger partial charge < -0.3 is 10.4 Å². The lowest BCUT2D eigenvalue weighted by molar-refractivity contribution is -0.115. The summed E-state index contributed by atoms with van der Waals surface area (Å²) in [7, 11) is 0. The Bertz CT molecular complexity index is 891. The third-order valence-corrected chi connectivity index (χ3v) is 5.05. The maximum Gasteiger partial charge on any atom is 0.264 e. The number of thioether (sulfide) groups is 1. The Balaban J connectivity index is 1.87. The summed E-state index contributed by atoms with van der Waals surface area (Å²) < 4.78 is 0.588. The van der Waals surface area contributed by atoms with Gasteiger partial charge in [0.25, 0.3) is 5.91 Å². The van der Waals surface area contributed by atoms with E-state index in [1.165, 1.54) is 11.8 Å². The predicted octanol–water partition coefficient (Wildman–Crippen LogP) is 4.66. The molecule has 0 aromatic heterocycles. The van der Waals surface area contributed by atoms with Gasteiger partial charge in [-0.05, 0) is 82.5 Å². The Kier molecular flexibility index (Phi) is 4.78. The SMILES string of the molecule is Cc1ccc(C)c(N=C2NC(=O)/C(=C\c3ccc(O)c(Br)c3)S2)c1. The highest BCUT2D eigenvalue weighted by atomic mass is 79.9. The van der Waals surface area contributed by atoms with E-state index in [0.29, 0.717) is 14.5 Å². The number of hydrogen-bond acceptors (Lipinski definition) is 4. The third kappa shape index (κ3) is 3.71. The number of aliphatic imine (C=N–C) groups is 1. The Hall–Kier alpha value is -2.05. The second-order valence-electron chi connectivity index (χ2n) is 5.48. The molecule has 0 unspecified atom stereocenters. The van der Waals surface area contributed by atoms with Gasteiger partial charge in [-0.15, -0.1) is 0 Å². The van der Waals surface area contributed by atoms with Crippen molar-refractivity contribution in [1.29, 1.82) is 0 Å². The summed E-state index contributed by atoms with van der Waals surface area (Å²) in [6.45, 7) is 4.00. The minimum atomic E-state index is -0.173. The zero-order chi connectivity index (χ0) is 17.3. The van der Waals surface area contributed by atoms with Crippen molar-refractivity contribution in [1.82, 2.24) is 5.32 Å². The van der Waals surface area contributed by atoms with Crippen molar-refractivity contribution in [3.63, 3.8) is 0 Å². The van der Waals surface area contributed by atoms with Crippen LogP contribution in [0.2, 0.25) is 0 Å². The number of amidine groups is 1. The van der Waals surface area contributed by atoms with Gasteiger partial charge in [-0.3, -0.25) is 4.79 Å². The molecule has 122 valence electrons. The molecule has 0 saturated carbocycles. The fraction of sp³-hybridized carbons (Fsp3) is 0.111. The molecular formula is C18H15BrN2O2S. The monoisotopic (exact) mass is 402 g/mol. The zero-order valence-corrected chi connectivity index (χ0v) is 15.5. The van der Waals surface area contributed by atoms with Crippen molar-refractivity contribution >= 4 is 50.5 Å². The van der Waals surface area contributed by atoms with Crippen LogP contribution >= 0.6 is 27.7 Å². The summed E-state index contributed by atoms with van der Waals surface area (Å²) in [4.78, 5) is 17.3. The number of carbonyl (C=O) groups excluding carboxylic acids is 1. The van der Waals surface area contributed by atoms with Gasteiger partial charge >= 0.3 is 0 Å². The summed E-state index contributed by atoms with van der Waals surface area (Å²) >= 11 is 4.58. The van der Waals surface area contributed by atoms with Crippen LogP contribution in [0.3, 0.4) is 0 Å². The van der Waals surface area contributed by atoms with Crippen molar-refractivity contribution < 1.29 is 9.90 Å². The number of carbonyl (C=O) groups is 1. The molecule has 4 nitrogen and oxygen atoms in total. The first-order valence-electron chi connectivity index (χ1n) is 7.28. The van der Waals surface area contributed by atoms with Gasteiger partial charge in [0.15, 0.2) is 5.17 Å². The van der Waals surface area contributed by atoms with Crippen LogP contribution in [-0.4, -0.2) is 16.2 Å². The molecule has 24 heavy (non-hydrogen) atoms. The molecule has 0 radical (unpaired) electrons. The topological polar surface area (TPSA) is 61.7 Å². The lowest BCUT2D eigenvalue weighted by Gasteiger charge is -2.02. The van der Waals surface area contributed by atoms with Gasteiger partial charge in [-0.2, -0.15) is 0 Å². The summed E-state index contributed by atoms with van der Waals surface area (Å²) in [6.07, 6.45) is 1.77. The van der Waals surface area contributed by atoms with Gasteiger partial charge in [-0.25, -0.2) is 4.99 Å². The van der Waals surface area contributed by atoms with E-state index in [-0.39, 0.29) is 11.7 Å². The van der Waals surface area contributed by atoms with Crippen LogP contribution in [0.15, 0.2) is 50.8 Å². The molecule has 0 aliphatic carbocycles. The first kappa shape index (κ1) is 16.8. The van der Waals surface area contributed by atoms with Crippen molar-refractivity contribution in [3.05, 3.63) is 62.5 Å². The van der Waals surface area contributed by atoms with E-state index >= 15 is 0 Å². The van der Waals surface area contributed by atoms with E-state index in [9.17, 15) is 9.90 Å². The molecular weight excluding hydrogens is 388 g/mol. The van der Waals surface area contributed by atoms with E-state index in [1.807, 2.05) is 32.0 Å². The number of halogens is 1. The van der Waals surface area contributed by atoms with Crippen LogP contribution in [0.1, 0.15) is 16.7 Å².